The number of carbonyl (C=O) groups excluding carboxylic acids is 1. The van der Waals surface area contributed by atoms with Crippen LogP contribution < -0.4 is 11.3 Å². The van der Waals surface area contributed by atoms with Crippen LogP contribution in [0.25, 0.3) is 0 Å². The van der Waals surface area contributed by atoms with Gasteiger partial charge in [0.1, 0.15) is 5.76 Å². The van der Waals surface area contributed by atoms with Crippen LogP contribution in [0.4, 0.5) is 0 Å². The standard InChI is InChI=1S/C11H17N3O2/c12-13-11(15)9-3-1-5-14(7-9)8-10-4-2-6-16-10/h2,4,6,9H,1,3,5,7-8,12H2,(H,13,15)/t9-/m1/s1. The fraction of sp³-hybridized carbons (Fsp3) is 0.545. The Morgan fingerprint density at radius 2 is 2.56 bits per heavy atom. The number of piperidine rings is 1. The van der Waals surface area contributed by atoms with Gasteiger partial charge in [0.2, 0.25) is 5.91 Å². The van der Waals surface area contributed by atoms with Gasteiger partial charge in [0.15, 0.2) is 0 Å². The monoisotopic (exact) mass is 223 g/mol. The van der Waals surface area contributed by atoms with Gasteiger partial charge < -0.3 is 4.42 Å². The van der Waals surface area contributed by atoms with Crippen molar-refractivity contribution in [1.29, 1.82) is 0 Å². The van der Waals surface area contributed by atoms with Crippen LogP contribution in [0.3, 0.4) is 0 Å². The highest BCUT2D eigenvalue weighted by molar-refractivity contribution is 5.78. The second-order valence-corrected chi connectivity index (χ2v) is 4.16. The molecule has 1 aromatic heterocycles. The quantitative estimate of drug-likeness (QED) is 0.444. The fourth-order valence-electron chi connectivity index (χ4n) is 2.15. The second-order valence-electron chi connectivity index (χ2n) is 4.16. The molecular weight excluding hydrogens is 206 g/mol. The summed E-state index contributed by atoms with van der Waals surface area (Å²) in [5.74, 6) is 6.03. The third-order valence-corrected chi connectivity index (χ3v) is 2.98. The van der Waals surface area contributed by atoms with Gasteiger partial charge >= 0.3 is 0 Å². The Morgan fingerprint density at radius 3 is 3.25 bits per heavy atom. The molecule has 0 bridgehead atoms. The van der Waals surface area contributed by atoms with E-state index in [1.54, 1.807) is 6.26 Å². The summed E-state index contributed by atoms with van der Waals surface area (Å²) in [6, 6.07) is 3.83. The van der Waals surface area contributed by atoms with Crippen molar-refractivity contribution in [1.82, 2.24) is 10.3 Å². The molecule has 16 heavy (non-hydrogen) atoms. The maximum Gasteiger partial charge on any atom is 0.238 e. The van der Waals surface area contributed by atoms with E-state index in [-0.39, 0.29) is 11.8 Å². The number of hydrogen-bond donors (Lipinski definition) is 2. The molecule has 0 radical (unpaired) electrons. The van der Waals surface area contributed by atoms with Crippen LogP contribution in [0.15, 0.2) is 22.8 Å². The smallest absolute Gasteiger partial charge is 0.238 e. The molecule has 3 N–H and O–H groups in total. The molecule has 5 nitrogen and oxygen atoms in total. The highest BCUT2D eigenvalue weighted by Gasteiger charge is 2.25. The Kier molecular flexibility index (Phi) is 3.58. The van der Waals surface area contributed by atoms with Gasteiger partial charge in [0.05, 0.1) is 18.7 Å². The second kappa shape index (κ2) is 5.14. The topological polar surface area (TPSA) is 71.5 Å². The van der Waals surface area contributed by atoms with E-state index in [1.165, 1.54) is 0 Å². The number of rotatable bonds is 3. The maximum atomic E-state index is 11.4. The van der Waals surface area contributed by atoms with Crippen molar-refractivity contribution < 1.29 is 9.21 Å². The number of nitrogens with one attached hydrogen (secondary N) is 1. The molecule has 5 heteroatoms. The minimum atomic E-state index is -0.0656. The summed E-state index contributed by atoms with van der Waals surface area (Å²) < 4.78 is 5.29. The molecule has 0 saturated carbocycles. The molecule has 0 aliphatic carbocycles. The van der Waals surface area contributed by atoms with E-state index in [4.69, 9.17) is 10.3 Å². The normalized spacial score (nSPS) is 21.9. The van der Waals surface area contributed by atoms with Crippen molar-refractivity contribution in [2.75, 3.05) is 13.1 Å². The van der Waals surface area contributed by atoms with Gasteiger partial charge in [-0.25, -0.2) is 5.84 Å². The Morgan fingerprint density at radius 1 is 1.69 bits per heavy atom. The predicted molar refractivity (Wildman–Crippen MR) is 59.0 cm³/mol. The fourth-order valence-corrected chi connectivity index (χ4v) is 2.15. The summed E-state index contributed by atoms with van der Waals surface area (Å²) in [5, 5.41) is 0. The van der Waals surface area contributed by atoms with Crippen LogP contribution in [0.5, 0.6) is 0 Å². The summed E-state index contributed by atoms with van der Waals surface area (Å²) in [6.45, 7) is 2.53. The predicted octanol–water partition coefficient (Wildman–Crippen LogP) is 0.481. The van der Waals surface area contributed by atoms with Gasteiger partial charge in [0.25, 0.3) is 0 Å². The van der Waals surface area contributed by atoms with Crippen molar-refractivity contribution in [3.8, 4) is 0 Å². The molecule has 2 heterocycles. The minimum Gasteiger partial charge on any atom is -0.468 e. The van der Waals surface area contributed by atoms with Crippen molar-refractivity contribution >= 4 is 5.91 Å². The molecule has 1 saturated heterocycles. The molecule has 1 aliphatic rings. The maximum absolute atomic E-state index is 11.4. The minimum absolute atomic E-state index is 0.00807. The molecule has 2 rings (SSSR count). The summed E-state index contributed by atoms with van der Waals surface area (Å²) >= 11 is 0. The van der Waals surface area contributed by atoms with E-state index < -0.39 is 0 Å². The third-order valence-electron chi connectivity index (χ3n) is 2.98. The van der Waals surface area contributed by atoms with Crippen LogP contribution in [-0.2, 0) is 11.3 Å². The number of carbonyl (C=O) groups is 1. The summed E-state index contributed by atoms with van der Waals surface area (Å²) in [4.78, 5) is 13.7. The first-order chi connectivity index (χ1) is 7.79. The average Bonchev–Trinajstić information content (AvgIpc) is 2.81. The van der Waals surface area contributed by atoms with Gasteiger partial charge in [0, 0.05) is 6.54 Å². The van der Waals surface area contributed by atoms with Crippen molar-refractivity contribution in [2.45, 2.75) is 19.4 Å². The van der Waals surface area contributed by atoms with Crippen molar-refractivity contribution in [2.24, 2.45) is 11.8 Å². The van der Waals surface area contributed by atoms with Crippen LogP contribution in [-0.4, -0.2) is 23.9 Å². The molecule has 1 aliphatic heterocycles. The number of hydrogen-bond acceptors (Lipinski definition) is 4. The lowest BCUT2D eigenvalue weighted by Gasteiger charge is -2.30. The van der Waals surface area contributed by atoms with Crippen LogP contribution in [0, 0.1) is 5.92 Å². The lowest BCUT2D eigenvalue weighted by molar-refractivity contribution is -0.126. The van der Waals surface area contributed by atoms with E-state index in [2.05, 4.69) is 10.3 Å². The number of nitrogens with two attached hydrogens (primary N) is 1. The summed E-state index contributed by atoms with van der Waals surface area (Å²) in [7, 11) is 0. The lowest BCUT2D eigenvalue weighted by Crippen LogP contribution is -2.44. The molecular formula is C11H17N3O2. The molecule has 1 aromatic rings. The number of nitrogens with zero attached hydrogens (tertiary/aromatic N) is 1. The first-order valence-corrected chi connectivity index (χ1v) is 5.55. The van der Waals surface area contributed by atoms with E-state index >= 15 is 0 Å². The third kappa shape index (κ3) is 2.62. The molecule has 0 unspecified atom stereocenters. The van der Waals surface area contributed by atoms with E-state index in [0.717, 1.165) is 38.2 Å². The number of hydrazine groups is 1. The van der Waals surface area contributed by atoms with Crippen molar-refractivity contribution in [3.63, 3.8) is 0 Å². The Labute approximate surface area is 94.6 Å². The molecule has 1 amide bonds. The van der Waals surface area contributed by atoms with Crippen molar-refractivity contribution in [3.05, 3.63) is 24.2 Å². The molecule has 88 valence electrons. The first-order valence-electron chi connectivity index (χ1n) is 5.55. The van der Waals surface area contributed by atoms with E-state index in [0.29, 0.717) is 0 Å². The summed E-state index contributed by atoms with van der Waals surface area (Å²) in [6.07, 6.45) is 3.61. The molecule has 0 spiro atoms. The number of amides is 1. The Bertz CT molecular complexity index is 337. The zero-order valence-corrected chi connectivity index (χ0v) is 9.19. The zero-order valence-electron chi connectivity index (χ0n) is 9.19. The lowest BCUT2D eigenvalue weighted by atomic mass is 9.97. The van der Waals surface area contributed by atoms with Gasteiger partial charge in [-0.1, -0.05) is 0 Å². The Hall–Kier alpha value is -1.33. The van der Waals surface area contributed by atoms with Crippen LogP contribution in [0.2, 0.25) is 0 Å². The highest BCUT2D eigenvalue weighted by Crippen LogP contribution is 2.18. The van der Waals surface area contributed by atoms with Crippen LogP contribution >= 0.6 is 0 Å². The van der Waals surface area contributed by atoms with Gasteiger partial charge in [-0.3, -0.25) is 15.1 Å². The molecule has 1 fully saturated rings. The van der Waals surface area contributed by atoms with Crippen LogP contribution in [0.1, 0.15) is 18.6 Å². The van der Waals surface area contributed by atoms with E-state index in [1.807, 2.05) is 12.1 Å². The Balaban J connectivity index is 1.89. The number of furan rings is 1. The van der Waals surface area contributed by atoms with E-state index in [9.17, 15) is 4.79 Å². The average molecular weight is 223 g/mol. The molecule has 0 aromatic carbocycles. The first kappa shape index (κ1) is 11.2. The van der Waals surface area contributed by atoms with Gasteiger partial charge in [-0.15, -0.1) is 0 Å². The van der Waals surface area contributed by atoms with Gasteiger partial charge in [-0.05, 0) is 31.5 Å². The number of likely N-dealkylation sites (tertiary alicyclic amines) is 1. The van der Waals surface area contributed by atoms with Gasteiger partial charge in [-0.2, -0.15) is 0 Å². The zero-order chi connectivity index (χ0) is 11.4. The molecule has 1 atom stereocenters. The highest BCUT2D eigenvalue weighted by atomic mass is 16.3. The SMILES string of the molecule is NNC(=O)[C@@H]1CCCN(Cc2ccco2)C1. The summed E-state index contributed by atoms with van der Waals surface area (Å²) in [5.41, 5.74) is 2.23. The largest absolute Gasteiger partial charge is 0.468 e.